The maximum atomic E-state index is 13.9. The zero-order valence-corrected chi connectivity index (χ0v) is 12.5. The molecular formula is C14H16FN3O2S. The number of nitrogens with one attached hydrogen (secondary N) is 2. The molecule has 2 aromatic rings. The van der Waals surface area contributed by atoms with Crippen LogP contribution in [0.2, 0.25) is 0 Å². The van der Waals surface area contributed by atoms with E-state index in [1.807, 2.05) is 0 Å². The Bertz CT molecular complexity index is 733. The minimum absolute atomic E-state index is 0.0310. The van der Waals surface area contributed by atoms with Crippen molar-refractivity contribution in [3.63, 3.8) is 0 Å². The van der Waals surface area contributed by atoms with Crippen LogP contribution >= 0.6 is 0 Å². The summed E-state index contributed by atoms with van der Waals surface area (Å²) in [6.07, 6.45) is 2.97. The first-order valence-electron chi connectivity index (χ1n) is 6.30. The molecule has 2 N–H and O–H groups in total. The largest absolute Gasteiger partial charge is 0.316 e. The Labute approximate surface area is 123 Å². The maximum absolute atomic E-state index is 13.9. The van der Waals surface area contributed by atoms with E-state index in [0.717, 1.165) is 0 Å². The third-order valence-electron chi connectivity index (χ3n) is 2.91. The number of aromatic nitrogens is 1. The Hall–Kier alpha value is -1.99. The van der Waals surface area contributed by atoms with Crippen LogP contribution in [0.15, 0.2) is 41.6 Å². The highest BCUT2D eigenvalue weighted by atomic mass is 32.2. The summed E-state index contributed by atoms with van der Waals surface area (Å²) in [6, 6.07) is 5.74. The summed E-state index contributed by atoms with van der Waals surface area (Å²) >= 11 is 0. The van der Waals surface area contributed by atoms with Crippen molar-refractivity contribution in [1.29, 1.82) is 0 Å². The van der Waals surface area contributed by atoms with Crippen LogP contribution in [0.4, 0.5) is 10.1 Å². The summed E-state index contributed by atoms with van der Waals surface area (Å²) in [6.45, 7) is 1.80. The number of hydrogen-bond acceptors (Lipinski definition) is 4. The lowest BCUT2D eigenvalue weighted by molar-refractivity contribution is 0.585. The van der Waals surface area contributed by atoms with Crippen molar-refractivity contribution < 1.29 is 12.8 Å². The first-order valence-corrected chi connectivity index (χ1v) is 7.79. The third kappa shape index (κ3) is 3.56. The smallest absolute Gasteiger partial charge is 0.261 e. The number of halogens is 1. The van der Waals surface area contributed by atoms with Gasteiger partial charge in [0.15, 0.2) is 0 Å². The maximum Gasteiger partial charge on any atom is 0.261 e. The number of rotatable bonds is 5. The molecule has 0 bridgehead atoms. The van der Waals surface area contributed by atoms with E-state index in [2.05, 4.69) is 15.0 Å². The molecule has 0 spiro atoms. The quantitative estimate of drug-likeness (QED) is 0.887. The van der Waals surface area contributed by atoms with E-state index in [0.29, 0.717) is 11.3 Å². The van der Waals surface area contributed by atoms with Crippen molar-refractivity contribution in [3.8, 4) is 0 Å². The molecule has 0 unspecified atom stereocenters. The molecule has 0 aliphatic carbocycles. The van der Waals surface area contributed by atoms with Crippen molar-refractivity contribution in [2.24, 2.45) is 0 Å². The van der Waals surface area contributed by atoms with Crippen LogP contribution < -0.4 is 10.0 Å². The van der Waals surface area contributed by atoms with Crippen molar-refractivity contribution in [1.82, 2.24) is 10.3 Å². The van der Waals surface area contributed by atoms with Gasteiger partial charge in [-0.1, -0.05) is 0 Å². The average molecular weight is 309 g/mol. The number of pyridine rings is 1. The Balaban J connectivity index is 2.40. The van der Waals surface area contributed by atoms with Crippen LogP contribution in [0.25, 0.3) is 0 Å². The third-order valence-corrected chi connectivity index (χ3v) is 4.27. The van der Waals surface area contributed by atoms with Crippen molar-refractivity contribution in [3.05, 3.63) is 53.6 Å². The first-order chi connectivity index (χ1) is 9.94. The standard InChI is InChI=1S/C14H16FN3O2S/c1-10-7-13(8-11(9-16-2)14(10)15)21(19,20)18-12-3-5-17-6-4-12/h3-8,16H,9H2,1-2H3,(H,17,18). The van der Waals surface area contributed by atoms with Gasteiger partial charge in [0.25, 0.3) is 10.0 Å². The second-order valence-corrected chi connectivity index (χ2v) is 6.27. The Morgan fingerprint density at radius 1 is 1.24 bits per heavy atom. The average Bonchev–Trinajstić information content (AvgIpc) is 2.44. The second kappa shape index (κ2) is 6.19. The van der Waals surface area contributed by atoms with Crippen LogP contribution in [0, 0.1) is 12.7 Å². The topological polar surface area (TPSA) is 71.1 Å². The van der Waals surface area contributed by atoms with Crippen molar-refractivity contribution >= 4 is 15.7 Å². The minimum Gasteiger partial charge on any atom is -0.316 e. The number of benzene rings is 1. The van der Waals surface area contributed by atoms with Crippen LogP contribution in [-0.2, 0) is 16.6 Å². The van der Waals surface area contributed by atoms with Gasteiger partial charge in [0, 0.05) is 24.5 Å². The van der Waals surface area contributed by atoms with Crippen molar-refractivity contribution in [2.75, 3.05) is 11.8 Å². The molecule has 0 amide bonds. The zero-order valence-electron chi connectivity index (χ0n) is 11.7. The van der Waals surface area contributed by atoms with Gasteiger partial charge < -0.3 is 5.32 Å². The SMILES string of the molecule is CNCc1cc(S(=O)(=O)Nc2ccncc2)cc(C)c1F. The van der Waals surface area contributed by atoms with Gasteiger partial charge in [0.05, 0.1) is 10.6 Å². The van der Waals surface area contributed by atoms with Crippen LogP contribution in [0.3, 0.4) is 0 Å². The van der Waals surface area contributed by atoms with E-state index in [1.165, 1.54) is 24.5 Å². The molecule has 7 heteroatoms. The molecule has 0 radical (unpaired) electrons. The highest BCUT2D eigenvalue weighted by Crippen LogP contribution is 2.21. The number of aryl methyl sites for hydroxylation is 1. The van der Waals surface area contributed by atoms with E-state index in [-0.39, 0.29) is 17.0 Å². The highest BCUT2D eigenvalue weighted by Gasteiger charge is 2.18. The number of anilines is 1. The van der Waals surface area contributed by atoms with Gasteiger partial charge in [-0.25, -0.2) is 12.8 Å². The van der Waals surface area contributed by atoms with Gasteiger partial charge in [0.1, 0.15) is 5.82 Å². The fraction of sp³-hybridized carbons (Fsp3) is 0.214. The molecule has 21 heavy (non-hydrogen) atoms. The van der Waals surface area contributed by atoms with E-state index in [9.17, 15) is 12.8 Å². The summed E-state index contributed by atoms with van der Waals surface area (Å²) in [5, 5.41) is 2.82. The highest BCUT2D eigenvalue weighted by molar-refractivity contribution is 7.92. The molecule has 0 saturated carbocycles. The number of sulfonamides is 1. The molecule has 1 aromatic heterocycles. The van der Waals surface area contributed by atoms with Gasteiger partial charge in [-0.05, 0) is 43.8 Å². The summed E-state index contributed by atoms with van der Waals surface area (Å²) in [5.74, 6) is -0.396. The molecule has 0 aliphatic heterocycles. The summed E-state index contributed by atoms with van der Waals surface area (Å²) in [4.78, 5) is 3.85. The fourth-order valence-electron chi connectivity index (χ4n) is 1.92. The van der Waals surface area contributed by atoms with Crippen molar-refractivity contribution in [2.45, 2.75) is 18.4 Å². The van der Waals surface area contributed by atoms with Crippen LogP contribution in [0.1, 0.15) is 11.1 Å². The summed E-state index contributed by atoms with van der Waals surface area (Å²) in [7, 11) is -2.09. The molecule has 112 valence electrons. The second-order valence-electron chi connectivity index (χ2n) is 4.58. The molecule has 0 aliphatic rings. The first kappa shape index (κ1) is 15.4. The molecular weight excluding hydrogens is 293 g/mol. The number of nitrogens with zero attached hydrogens (tertiary/aromatic N) is 1. The summed E-state index contributed by atoms with van der Waals surface area (Å²) in [5.41, 5.74) is 1.01. The van der Waals surface area contributed by atoms with Gasteiger partial charge in [0.2, 0.25) is 0 Å². The minimum atomic E-state index is -3.77. The molecule has 0 fully saturated rings. The lowest BCUT2D eigenvalue weighted by Crippen LogP contribution is -2.15. The van der Waals surface area contributed by atoms with E-state index < -0.39 is 15.8 Å². The Morgan fingerprint density at radius 2 is 1.90 bits per heavy atom. The Kier molecular flexibility index (Phi) is 4.54. The van der Waals surface area contributed by atoms with E-state index in [4.69, 9.17) is 0 Å². The fourth-order valence-corrected chi connectivity index (χ4v) is 3.11. The van der Waals surface area contributed by atoms with E-state index >= 15 is 0 Å². The molecule has 1 heterocycles. The van der Waals surface area contributed by atoms with Gasteiger partial charge >= 0.3 is 0 Å². The molecule has 0 atom stereocenters. The van der Waals surface area contributed by atoms with Crippen LogP contribution in [-0.4, -0.2) is 20.4 Å². The summed E-state index contributed by atoms with van der Waals surface area (Å²) < 4.78 is 41.1. The molecule has 5 nitrogen and oxygen atoms in total. The van der Waals surface area contributed by atoms with Crippen LogP contribution in [0.5, 0.6) is 0 Å². The molecule has 2 rings (SSSR count). The van der Waals surface area contributed by atoms with Gasteiger partial charge in [-0.2, -0.15) is 0 Å². The zero-order chi connectivity index (χ0) is 15.5. The Morgan fingerprint density at radius 3 is 2.52 bits per heavy atom. The lowest BCUT2D eigenvalue weighted by atomic mass is 10.1. The predicted molar refractivity (Wildman–Crippen MR) is 78.9 cm³/mol. The van der Waals surface area contributed by atoms with E-state index in [1.54, 1.807) is 26.1 Å². The lowest BCUT2D eigenvalue weighted by Gasteiger charge is -2.12. The predicted octanol–water partition coefficient (Wildman–Crippen LogP) is 2.05. The normalized spacial score (nSPS) is 11.4. The monoisotopic (exact) mass is 309 g/mol. The number of hydrogen-bond donors (Lipinski definition) is 2. The van der Waals surface area contributed by atoms with Gasteiger partial charge in [-0.3, -0.25) is 9.71 Å². The van der Waals surface area contributed by atoms with Gasteiger partial charge in [-0.15, -0.1) is 0 Å². The molecule has 1 aromatic carbocycles. The molecule has 0 saturated heterocycles.